The summed E-state index contributed by atoms with van der Waals surface area (Å²) in [6, 6.07) is 0. The lowest BCUT2D eigenvalue weighted by molar-refractivity contribution is -0.118. The Kier molecular flexibility index (Phi) is 2.24. The van der Waals surface area contributed by atoms with Crippen LogP contribution in [0.3, 0.4) is 0 Å². The molecule has 1 heterocycles. The lowest BCUT2D eigenvalue weighted by atomic mass is 10.3. The number of carbonyl (C=O) groups is 1. The minimum atomic E-state index is -0.325. The van der Waals surface area contributed by atoms with Crippen LogP contribution in [0, 0.1) is 0 Å². The number of rotatable bonds is 2. The van der Waals surface area contributed by atoms with Crippen molar-refractivity contribution in [2.75, 3.05) is 19.6 Å². The molecule has 0 bridgehead atoms. The van der Waals surface area contributed by atoms with Gasteiger partial charge in [-0.15, -0.1) is 0 Å². The molecule has 1 fully saturated rings. The third-order valence-corrected chi connectivity index (χ3v) is 1.63. The second-order valence-corrected chi connectivity index (χ2v) is 2.64. The largest absolute Gasteiger partial charge is 0.392 e. The lowest BCUT2D eigenvalue weighted by Gasteiger charge is -2.10. The van der Waals surface area contributed by atoms with E-state index in [1.54, 1.807) is 0 Å². The molecule has 1 aliphatic rings. The fourth-order valence-corrected chi connectivity index (χ4v) is 1.18. The van der Waals surface area contributed by atoms with Crippen molar-refractivity contribution in [1.29, 1.82) is 0 Å². The van der Waals surface area contributed by atoms with Gasteiger partial charge in [-0.3, -0.25) is 9.69 Å². The number of aliphatic hydroxyl groups excluding tert-OH is 1. The maximum absolute atomic E-state index is 10.4. The number of amides is 1. The summed E-state index contributed by atoms with van der Waals surface area (Å²) in [5.41, 5.74) is 4.96. The molecule has 0 spiro atoms. The molecule has 0 aliphatic carbocycles. The van der Waals surface area contributed by atoms with Crippen molar-refractivity contribution < 1.29 is 9.90 Å². The first-order chi connectivity index (χ1) is 4.68. The van der Waals surface area contributed by atoms with E-state index in [1.165, 1.54) is 0 Å². The van der Waals surface area contributed by atoms with Gasteiger partial charge < -0.3 is 10.8 Å². The van der Waals surface area contributed by atoms with E-state index in [2.05, 4.69) is 0 Å². The second-order valence-electron chi connectivity index (χ2n) is 2.64. The number of nitrogens with zero attached hydrogens (tertiary/aromatic N) is 1. The molecule has 10 heavy (non-hydrogen) atoms. The molecule has 0 saturated carbocycles. The number of carbonyl (C=O) groups excluding carboxylic acids is 1. The van der Waals surface area contributed by atoms with Crippen LogP contribution in [0.5, 0.6) is 0 Å². The van der Waals surface area contributed by atoms with Gasteiger partial charge in [0.1, 0.15) is 0 Å². The number of primary amides is 1. The van der Waals surface area contributed by atoms with Gasteiger partial charge in [-0.05, 0) is 6.42 Å². The van der Waals surface area contributed by atoms with Crippen LogP contribution in [-0.2, 0) is 4.79 Å². The summed E-state index contributed by atoms with van der Waals surface area (Å²) in [5, 5.41) is 9.02. The number of β-amino-alcohol motifs (C(OH)–C–C–N with tert-alkyl or cyclic N) is 1. The molecule has 58 valence electrons. The van der Waals surface area contributed by atoms with Crippen molar-refractivity contribution in [3.63, 3.8) is 0 Å². The quantitative estimate of drug-likeness (QED) is 0.497. The van der Waals surface area contributed by atoms with Gasteiger partial charge in [-0.2, -0.15) is 0 Å². The third kappa shape index (κ3) is 1.97. The molecule has 1 atom stereocenters. The summed E-state index contributed by atoms with van der Waals surface area (Å²) in [4.78, 5) is 12.2. The van der Waals surface area contributed by atoms with Gasteiger partial charge in [-0.25, -0.2) is 0 Å². The average Bonchev–Trinajstić information content (AvgIpc) is 2.13. The fourth-order valence-electron chi connectivity index (χ4n) is 1.18. The summed E-state index contributed by atoms with van der Waals surface area (Å²) >= 11 is 0. The molecule has 1 saturated heterocycles. The molecule has 1 amide bonds. The summed E-state index contributed by atoms with van der Waals surface area (Å²) in [6.07, 6.45) is 0.493. The highest BCUT2D eigenvalue weighted by atomic mass is 16.3. The van der Waals surface area contributed by atoms with E-state index in [1.807, 2.05) is 4.90 Å². The smallest absolute Gasteiger partial charge is 0.231 e. The van der Waals surface area contributed by atoms with Gasteiger partial charge in [-0.1, -0.05) is 0 Å². The molecule has 0 radical (unpaired) electrons. The summed E-state index contributed by atoms with van der Waals surface area (Å²) in [7, 11) is 0. The zero-order valence-corrected chi connectivity index (χ0v) is 5.79. The molecule has 3 N–H and O–H groups in total. The zero-order valence-electron chi connectivity index (χ0n) is 5.79. The highest BCUT2D eigenvalue weighted by Crippen LogP contribution is 2.06. The maximum Gasteiger partial charge on any atom is 0.231 e. The van der Waals surface area contributed by atoms with E-state index in [0.29, 0.717) is 6.54 Å². The van der Waals surface area contributed by atoms with Crippen LogP contribution in [0.15, 0.2) is 0 Å². The molecule has 0 aromatic rings. The van der Waals surface area contributed by atoms with Crippen LogP contribution in [-0.4, -0.2) is 41.7 Å². The van der Waals surface area contributed by atoms with Crippen molar-refractivity contribution in [2.24, 2.45) is 5.73 Å². The lowest BCUT2D eigenvalue weighted by Crippen LogP contribution is -2.32. The molecule has 1 rings (SSSR count). The second kappa shape index (κ2) is 2.98. The maximum atomic E-state index is 10.4. The van der Waals surface area contributed by atoms with E-state index in [9.17, 15) is 4.79 Å². The van der Waals surface area contributed by atoms with E-state index >= 15 is 0 Å². The highest BCUT2D eigenvalue weighted by Gasteiger charge is 2.20. The number of nitrogens with two attached hydrogens (primary N) is 1. The first-order valence-corrected chi connectivity index (χ1v) is 3.37. The molecule has 0 unspecified atom stereocenters. The topological polar surface area (TPSA) is 66.6 Å². The minimum absolute atomic E-state index is 0.264. The average molecular weight is 144 g/mol. The van der Waals surface area contributed by atoms with Crippen LogP contribution in [0.4, 0.5) is 0 Å². The predicted molar refractivity (Wildman–Crippen MR) is 36.3 cm³/mol. The zero-order chi connectivity index (χ0) is 7.56. The monoisotopic (exact) mass is 144 g/mol. The van der Waals surface area contributed by atoms with Crippen molar-refractivity contribution in [1.82, 2.24) is 4.90 Å². The van der Waals surface area contributed by atoms with Crippen molar-refractivity contribution in [3.8, 4) is 0 Å². The number of hydrogen-bond donors (Lipinski definition) is 2. The standard InChI is InChI=1S/C6H12N2O2/c7-6(10)4-8-2-1-5(9)3-8/h5,9H,1-4H2,(H2,7,10)/t5-/m0/s1. The molecular weight excluding hydrogens is 132 g/mol. The van der Waals surface area contributed by atoms with Crippen LogP contribution in [0.25, 0.3) is 0 Å². The van der Waals surface area contributed by atoms with Crippen LogP contribution in [0.2, 0.25) is 0 Å². The Bertz CT molecular complexity index is 138. The predicted octanol–water partition coefficient (Wildman–Crippen LogP) is -1.46. The Morgan fingerprint density at radius 3 is 2.90 bits per heavy atom. The molecule has 1 aliphatic heterocycles. The molecule has 0 aromatic heterocycles. The van der Waals surface area contributed by atoms with Gasteiger partial charge in [0.15, 0.2) is 0 Å². The Labute approximate surface area is 59.6 Å². The molecular formula is C6H12N2O2. The van der Waals surface area contributed by atoms with Crippen molar-refractivity contribution in [2.45, 2.75) is 12.5 Å². The van der Waals surface area contributed by atoms with Crippen LogP contribution < -0.4 is 5.73 Å². The Balaban J connectivity index is 2.24. The van der Waals surface area contributed by atoms with Crippen LogP contribution >= 0.6 is 0 Å². The normalized spacial score (nSPS) is 27.1. The SMILES string of the molecule is NC(=O)CN1CC[C@H](O)C1. The first-order valence-electron chi connectivity index (χ1n) is 3.37. The van der Waals surface area contributed by atoms with E-state index in [4.69, 9.17) is 10.8 Å². The van der Waals surface area contributed by atoms with E-state index in [0.717, 1.165) is 13.0 Å². The minimum Gasteiger partial charge on any atom is -0.392 e. The third-order valence-electron chi connectivity index (χ3n) is 1.63. The van der Waals surface area contributed by atoms with Gasteiger partial charge >= 0.3 is 0 Å². The van der Waals surface area contributed by atoms with Crippen LogP contribution in [0.1, 0.15) is 6.42 Å². The number of aliphatic hydroxyl groups is 1. The van der Waals surface area contributed by atoms with Gasteiger partial charge in [0.2, 0.25) is 5.91 Å². The summed E-state index contributed by atoms with van der Waals surface area (Å²) < 4.78 is 0. The van der Waals surface area contributed by atoms with E-state index < -0.39 is 0 Å². The van der Waals surface area contributed by atoms with Gasteiger partial charge in [0, 0.05) is 13.1 Å². The number of hydrogen-bond acceptors (Lipinski definition) is 3. The fraction of sp³-hybridized carbons (Fsp3) is 0.833. The van der Waals surface area contributed by atoms with Gasteiger partial charge in [0.25, 0.3) is 0 Å². The molecule has 4 nitrogen and oxygen atoms in total. The van der Waals surface area contributed by atoms with Crippen molar-refractivity contribution in [3.05, 3.63) is 0 Å². The molecule has 0 aromatic carbocycles. The Hall–Kier alpha value is -0.610. The highest BCUT2D eigenvalue weighted by molar-refractivity contribution is 5.75. The Morgan fingerprint density at radius 2 is 2.50 bits per heavy atom. The summed E-state index contributed by atoms with van der Waals surface area (Å²) in [5.74, 6) is -0.325. The van der Waals surface area contributed by atoms with Crippen molar-refractivity contribution >= 4 is 5.91 Å². The van der Waals surface area contributed by atoms with Gasteiger partial charge in [0.05, 0.1) is 12.6 Å². The number of likely N-dealkylation sites (tertiary alicyclic amines) is 1. The summed E-state index contributed by atoms with van der Waals surface area (Å²) in [6.45, 7) is 1.64. The van der Waals surface area contributed by atoms with E-state index in [-0.39, 0.29) is 18.6 Å². The molecule has 4 heteroatoms. The first kappa shape index (κ1) is 7.50. The Morgan fingerprint density at radius 1 is 1.80 bits per heavy atom.